The molecule has 1 aromatic rings. The molecule has 1 atom stereocenters. The molecule has 2 rings (SSSR count). The first-order valence-corrected chi connectivity index (χ1v) is 7.24. The summed E-state index contributed by atoms with van der Waals surface area (Å²) in [6, 6.07) is 2.90. The normalized spacial score (nSPS) is 18.1. The summed E-state index contributed by atoms with van der Waals surface area (Å²) in [5.41, 5.74) is 0. The van der Waals surface area contributed by atoms with Crippen molar-refractivity contribution in [3.63, 3.8) is 0 Å². The first-order valence-electron chi connectivity index (χ1n) is 5.63. The molecule has 3 heteroatoms. The van der Waals surface area contributed by atoms with E-state index in [9.17, 15) is 0 Å². The van der Waals surface area contributed by atoms with E-state index in [1.54, 1.807) is 0 Å². The minimum Gasteiger partial charge on any atom is -0.309 e. The van der Waals surface area contributed by atoms with E-state index in [4.69, 9.17) is 0 Å². The third-order valence-electron chi connectivity index (χ3n) is 2.92. The number of halogens is 1. The van der Waals surface area contributed by atoms with Crippen molar-refractivity contribution in [2.24, 2.45) is 5.92 Å². The third-order valence-corrected chi connectivity index (χ3v) is 5.05. The van der Waals surface area contributed by atoms with Crippen molar-refractivity contribution in [3.05, 3.63) is 20.3 Å². The van der Waals surface area contributed by atoms with E-state index in [0.29, 0.717) is 6.04 Å². The Bertz CT molecular complexity index is 311. The molecule has 1 fully saturated rings. The Morgan fingerprint density at radius 1 is 1.60 bits per heavy atom. The maximum absolute atomic E-state index is 3.60. The second-order valence-corrected chi connectivity index (χ2v) is 6.77. The van der Waals surface area contributed by atoms with E-state index in [-0.39, 0.29) is 0 Å². The lowest BCUT2D eigenvalue weighted by molar-refractivity contribution is 0.490. The monoisotopic (exact) mass is 287 g/mol. The molecule has 1 N–H and O–H groups in total. The van der Waals surface area contributed by atoms with Crippen LogP contribution in [0, 0.1) is 12.8 Å². The quantitative estimate of drug-likeness (QED) is 0.860. The van der Waals surface area contributed by atoms with Gasteiger partial charge in [-0.25, -0.2) is 0 Å². The van der Waals surface area contributed by atoms with Gasteiger partial charge in [-0.15, -0.1) is 11.3 Å². The fraction of sp³-hybridized carbons (Fsp3) is 0.667. The zero-order valence-electron chi connectivity index (χ0n) is 9.35. The third kappa shape index (κ3) is 3.58. The molecule has 0 saturated heterocycles. The number of nitrogens with one attached hydrogen (secondary N) is 1. The van der Waals surface area contributed by atoms with Gasteiger partial charge in [0.25, 0.3) is 0 Å². The Morgan fingerprint density at radius 3 is 2.87 bits per heavy atom. The maximum atomic E-state index is 3.60. The van der Waals surface area contributed by atoms with Crippen LogP contribution < -0.4 is 5.32 Å². The standard InChI is InChI=1S/C12H18BrNS/c1-8(5-10-3-4-10)14-7-11-6-12(13)9(2)15-11/h6,8,10,14H,3-5,7H2,1-2H3. The maximum Gasteiger partial charge on any atom is 0.0314 e. The topological polar surface area (TPSA) is 12.0 Å². The smallest absolute Gasteiger partial charge is 0.0314 e. The summed E-state index contributed by atoms with van der Waals surface area (Å²) in [5.74, 6) is 1.02. The van der Waals surface area contributed by atoms with Crippen molar-refractivity contribution in [2.45, 2.75) is 45.7 Å². The molecule has 0 aromatic carbocycles. The van der Waals surface area contributed by atoms with E-state index in [1.807, 2.05) is 11.3 Å². The van der Waals surface area contributed by atoms with E-state index in [2.05, 4.69) is 41.2 Å². The van der Waals surface area contributed by atoms with Crippen LogP contribution in [0.5, 0.6) is 0 Å². The van der Waals surface area contributed by atoms with Crippen LogP contribution in [0.4, 0.5) is 0 Å². The number of thiophene rings is 1. The van der Waals surface area contributed by atoms with Gasteiger partial charge in [-0.05, 0) is 48.2 Å². The summed E-state index contributed by atoms with van der Waals surface area (Å²) in [7, 11) is 0. The Kier molecular flexibility index (Phi) is 3.86. The van der Waals surface area contributed by atoms with Crippen LogP contribution in [0.1, 0.15) is 35.9 Å². The van der Waals surface area contributed by atoms with Crippen molar-refractivity contribution in [1.82, 2.24) is 5.32 Å². The highest BCUT2D eigenvalue weighted by Gasteiger charge is 2.23. The zero-order chi connectivity index (χ0) is 10.8. The van der Waals surface area contributed by atoms with Gasteiger partial charge in [0.15, 0.2) is 0 Å². The number of aryl methyl sites for hydroxylation is 1. The molecule has 0 spiro atoms. The molecule has 1 nitrogen and oxygen atoms in total. The van der Waals surface area contributed by atoms with Gasteiger partial charge in [-0.3, -0.25) is 0 Å². The molecule has 1 unspecified atom stereocenters. The minimum atomic E-state index is 0.665. The average molecular weight is 288 g/mol. The summed E-state index contributed by atoms with van der Waals surface area (Å²) in [5, 5.41) is 3.60. The van der Waals surface area contributed by atoms with Crippen LogP contribution in [-0.2, 0) is 6.54 Å². The molecule has 0 aliphatic heterocycles. The number of hydrogen-bond acceptors (Lipinski definition) is 2. The van der Waals surface area contributed by atoms with Gasteiger partial charge in [-0.1, -0.05) is 12.8 Å². The predicted molar refractivity (Wildman–Crippen MR) is 70.4 cm³/mol. The molecular weight excluding hydrogens is 270 g/mol. The van der Waals surface area contributed by atoms with Gasteiger partial charge >= 0.3 is 0 Å². The molecule has 15 heavy (non-hydrogen) atoms. The molecule has 84 valence electrons. The van der Waals surface area contributed by atoms with Crippen molar-refractivity contribution >= 4 is 27.3 Å². The Balaban J connectivity index is 1.76. The molecular formula is C12H18BrNS. The molecule has 1 saturated carbocycles. The zero-order valence-corrected chi connectivity index (χ0v) is 11.7. The summed E-state index contributed by atoms with van der Waals surface area (Å²) in [6.07, 6.45) is 4.26. The SMILES string of the molecule is Cc1sc(CNC(C)CC2CC2)cc1Br. The van der Waals surface area contributed by atoms with Crippen LogP contribution in [0.2, 0.25) is 0 Å². The van der Waals surface area contributed by atoms with E-state index >= 15 is 0 Å². The summed E-state index contributed by atoms with van der Waals surface area (Å²) >= 11 is 5.44. The summed E-state index contributed by atoms with van der Waals surface area (Å²) < 4.78 is 1.25. The van der Waals surface area contributed by atoms with Gasteiger partial charge in [0.1, 0.15) is 0 Å². The molecule has 1 heterocycles. The van der Waals surface area contributed by atoms with E-state index in [0.717, 1.165) is 12.5 Å². The van der Waals surface area contributed by atoms with Crippen molar-refractivity contribution in [3.8, 4) is 0 Å². The lowest BCUT2D eigenvalue weighted by Crippen LogP contribution is -2.25. The fourth-order valence-electron chi connectivity index (χ4n) is 1.82. The van der Waals surface area contributed by atoms with Gasteiger partial charge < -0.3 is 5.32 Å². The van der Waals surface area contributed by atoms with E-state index in [1.165, 1.54) is 33.5 Å². The van der Waals surface area contributed by atoms with Gasteiger partial charge in [0.05, 0.1) is 0 Å². The van der Waals surface area contributed by atoms with Gasteiger partial charge in [0.2, 0.25) is 0 Å². The van der Waals surface area contributed by atoms with Crippen molar-refractivity contribution < 1.29 is 0 Å². The fourth-order valence-corrected chi connectivity index (χ4v) is 3.37. The Morgan fingerprint density at radius 2 is 2.33 bits per heavy atom. The van der Waals surface area contributed by atoms with Crippen LogP contribution >= 0.6 is 27.3 Å². The lowest BCUT2D eigenvalue weighted by Gasteiger charge is -2.11. The van der Waals surface area contributed by atoms with Gasteiger partial charge in [0, 0.05) is 26.8 Å². The molecule has 0 bridgehead atoms. The van der Waals surface area contributed by atoms with Crippen LogP contribution in [0.3, 0.4) is 0 Å². The first-order chi connectivity index (χ1) is 7.15. The van der Waals surface area contributed by atoms with Crippen LogP contribution in [-0.4, -0.2) is 6.04 Å². The predicted octanol–water partition coefficient (Wildman–Crippen LogP) is 4.10. The highest BCUT2D eigenvalue weighted by molar-refractivity contribution is 9.10. The summed E-state index contributed by atoms with van der Waals surface area (Å²) in [4.78, 5) is 2.81. The summed E-state index contributed by atoms with van der Waals surface area (Å²) in [6.45, 7) is 5.48. The first kappa shape index (κ1) is 11.6. The van der Waals surface area contributed by atoms with Crippen LogP contribution in [0.25, 0.3) is 0 Å². The second-order valence-electron chi connectivity index (χ2n) is 4.58. The average Bonchev–Trinajstić information content (AvgIpc) is 2.92. The highest BCUT2D eigenvalue weighted by Crippen LogP contribution is 2.33. The number of rotatable bonds is 5. The second kappa shape index (κ2) is 4.98. The lowest BCUT2D eigenvalue weighted by atomic mass is 10.1. The molecule has 1 aromatic heterocycles. The van der Waals surface area contributed by atoms with Crippen molar-refractivity contribution in [1.29, 1.82) is 0 Å². The van der Waals surface area contributed by atoms with Crippen LogP contribution in [0.15, 0.2) is 10.5 Å². The Hall–Kier alpha value is 0.140. The van der Waals surface area contributed by atoms with E-state index < -0.39 is 0 Å². The molecule has 0 amide bonds. The Labute approximate surface area is 104 Å². The highest BCUT2D eigenvalue weighted by atomic mass is 79.9. The van der Waals surface area contributed by atoms with Gasteiger partial charge in [-0.2, -0.15) is 0 Å². The van der Waals surface area contributed by atoms with Crippen molar-refractivity contribution in [2.75, 3.05) is 0 Å². The minimum absolute atomic E-state index is 0.665. The number of hydrogen-bond donors (Lipinski definition) is 1. The molecule has 0 radical (unpaired) electrons. The molecule has 1 aliphatic rings. The molecule has 1 aliphatic carbocycles. The largest absolute Gasteiger partial charge is 0.309 e.